The van der Waals surface area contributed by atoms with Crippen molar-refractivity contribution in [2.24, 2.45) is 0 Å². The van der Waals surface area contributed by atoms with Crippen LogP contribution in [0.15, 0.2) is 18.2 Å². The van der Waals surface area contributed by atoms with E-state index in [1.54, 1.807) is 20.3 Å². The number of anilines is 1. The molecular weight excluding hydrogens is 310 g/mol. The number of ether oxygens (including phenoxy) is 2. The lowest BCUT2D eigenvalue weighted by atomic mass is 10.0. The maximum Gasteiger partial charge on any atom is 0.237 e. The molecule has 1 saturated carbocycles. The van der Waals surface area contributed by atoms with Gasteiger partial charge in [-0.1, -0.05) is 26.2 Å². The van der Waals surface area contributed by atoms with Crippen LogP contribution in [0, 0.1) is 0 Å². The molecule has 128 valence electrons. The molecule has 4 nitrogen and oxygen atoms in total. The largest absolute Gasteiger partial charge is 0.497 e. The van der Waals surface area contributed by atoms with Crippen molar-refractivity contribution in [1.82, 2.24) is 0 Å². The Balaban J connectivity index is 2.00. The molecule has 0 aromatic heterocycles. The standard InChI is InChI=1S/C18H27NO3S/c1-4-17(23-16-8-6-5-7-9-16)18(20)19-13-10-14(21-2)12-15(11-13)22-3/h10-12,16-17H,4-9H2,1-3H3,(H,19,20). The van der Waals surface area contributed by atoms with Crippen LogP contribution in [0.5, 0.6) is 11.5 Å². The maximum absolute atomic E-state index is 12.6. The van der Waals surface area contributed by atoms with E-state index in [0.717, 1.165) is 6.42 Å². The number of rotatable bonds is 7. The first-order chi connectivity index (χ1) is 11.2. The van der Waals surface area contributed by atoms with Gasteiger partial charge in [0.05, 0.1) is 19.5 Å². The highest BCUT2D eigenvalue weighted by molar-refractivity contribution is 8.01. The number of benzene rings is 1. The Hall–Kier alpha value is -1.36. The molecular formula is C18H27NO3S. The van der Waals surface area contributed by atoms with E-state index in [1.165, 1.54) is 32.1 Å². The summed E-state index contributed by atoms with van der Waals surface area (Å²) in [5.74, 6) is 1.42. The van der Waals surface area contributed by atoms with E-state index in [2.05, 4.69) is 12.2 Å². The van der Waals surface area contributed by atoms with Gasteiger partial charge in [-0.15, -0.1) is 11.8 Å². The highest BCUT2D eigenvalue weighted by Crippen LogP contribution is 2.33. The minimum absolute atomic E-state index is 0.00436. The van der Waals surface area contributed by atoms with E-state index in [1.807, 2.05) is 23.9 Å². The second-order valence-electron chi connectivity index (χ2n) is 5.88. The van der Waals surface area contributed by atoms with E-state index in [9.17, 15) is 4.79 Å². The number of thioether (sulfide) groups is 1. The third-order valence-corrected chi connectivity index (χ3v) is 5.92. The summed E-state index contributed by atoms with van der Waals surface area (Å²) in [5.41, 5.74) is 0.717. The summed E-state index contributed by atoms with van der Waals surface area (Å²) in [4.78, 5) is 12.6. The van der Waals surface area contributed by atoms with Gasteiger partial charge in [0, 0.05) is 29.1 Å². The van der Waals surface area contributed by atoms with Gasteiger partial charge in [0.1, 0.15) is 11.5 Å². The van der Waals surface area contributed by atoms with Gasteiger partial charge >= 0.3 is 0 Å². The lowest BCUT2D eigenvalue weighted by molar-refractivity contribution is -0.115. The van der Waals surface area contributed by atoms with E-state index in [-0.39, 0.29) is 11.2 Å². The molecule has 1 amide bonds. The number of carbonyl (C=O) groups is 1. The quantitative estimate of drug-likeness (QED) is 0.796. The average Bonchev–Trinajstić information content (AvgIpc) is 2.59. The monoisotopic (exact) mass is 337 g/mol. The smallest absolute Gasteiger partial charge is 0.237 e. The number of nitrogens with one attached hydrogen (secondary N) is 1. The van der Waals surface area contributed by atoms with Crippen molar-refractivity contribution in [3.05, 3.63) is 18.2 Å². The van der Waals surface area contributed by atoms with Crippen LogP contribution in [0.3, 0.4) is 0 Å². The molecule has 0 bridgehead atoms. The van der Waals surface area contributed by atoms with Crippen LogP contribution >= 0.6 is 11.8 Å². The summed E-state index contributed by atoms with van der Waals surface area (Å²) in [5, 5.41) is 3.63. The molecule has 5 heteroatoms. The van der Waals surface area contributed by atoms with Crippen molar-refractivity contribution in [3.8, 4) is 11.5 Å². The lowest BCUT2D eigenvalue weighted by Crippen LogP contribution is -2.27. The van der Waals surface area contributed by atoms with Crippen molar-refractivity contribution in [1.29, 1.82) is 0 Å². The minimum Gasteiger partial charge on any atom is -0.497 e. The summed E-state index contributed by atoms with van der Waals surface area (Å²) < 4.78 is 10.5. The Bertz CT molecular complexity index is 493. The van der Waals surface area contributed by atoms with Gasteiger partial charge in [-0.2, -0.15) is 0 Å². The van der Waals surface area contributed by atoms with Crippen molar-refractivity contribution < 1.29 is 14.3 Å². The van der Waals surface area contributed by atoms with Gasteiger partial charge in [-0.3, -0.25) is 4.79 Å². The zero-order valence-electron chi connectivity index (χ0n) is 14.3. The number of carbonyl (C=O) groups excluding carboxylic acids is 1. The maximum atomic E-state index is 12.6. The zero-order chi connectivity index (χ0) is 16.7. The summed E-state index contributed by atoms with van der Waals surface area (Å²) in [6, 6.07) is 5.43. The van der Waals surface area contributed by atoms with Crippen molar-refractivity contribution in [2.45, 2.75) is 55.9 Å². The molecule has 1 unspecified atom stereocenters. The lowest BCUT2D eigenvalue weighted by Gasteiger charge is -2.25. The van der Waals surface area contributed by atoms with E-state index in [0.29, 0.717) is 22.4 Å². The van der Waals surface area contributed by atoms with Crippen LogP contribution in [0.4, 0.5) is 5.69 Å². The molecule has 0 saturated heterocycles. The SMILES string of the molecule is CCC(SC1CCCCC1)C(=O)Nc1cc(OC)cc(OC)c1. The fourth-order valence-electron chi connectivity index (χ4n) is 2.88. The molecule has 23 heavy (non-hydrogen) atoms. The Labute approximate surface area is 143 Å². The van der Waals surface area contributed by atoms with Gasteiger partial charge in [0.15, 0.2) is 0 Å². The van der Waals surface area contributed by atoms with Crippen LogP contribution in [0.25, 0.3) is 0 Å². The molecule has 2 rings (SSSR count). The van der Waals surface area contributed by atoms with E-state index in [4.69, 9.17) is 9.47 Å². The number of hydrogen-bond acceptors (Lipinski definition) is 4. The van der Waals surface area contributed by atoms with Crippen LogP contribution in [-0.2, 0) is 4.79 Å². The first kappa shape index (κ1) is 18.0. The molecule has 1 aliphatic carbocycles. The van der Waals surface area contributed by atoms with Crippen molar-refractivity contribution in [3.63, 3.8) is 0 Å². The molecule has 1 aromatic rings. The fourth-order valence-corrected chi connectivity index (χ4v) is 4.32. The molecule has 0 radical (unpaired) electrons. The fraction of sp³-hybridized carbons (Fsp3) is 0.611. The number of methoxy groups -OCH3 is 2. The van der Waals surface area contributed by atoms with E-state index < -0.39 is 0 Å². The normalized spacial score (nSPS) is 16.7. The third kappa shape index (κ3) is 5.34. The van der Waals surface area contributed by atoms with Gasteiger partial charge < -0.3 is 14.8 Å². The Morgan fingerprint density at radius 3 is 2.30 bits per heavy atom. The number of hydrogen-bond donors (Lipinski definition) is 1. The zero-order valence-corrected chi connectivity index (χ0v) is 15.1. The van der Waals surface area contributed by atoms with Gasteiger partial charge in [-0.25, -0.2) is 0 Å². The molecule has 1 N–H and O–H groups in total. The van der Waals surface area contributed by atoms with Gasteiger partial charge in [0.25, 0.3) is 0 Å². The second kappa shape index (κ2) is 9.06. The third-order valence-electron chi connectivity index (χ3n) is 4.19. The van der Waals surface area contributed by atoms with Crippen LogP contribution < -0.4 is 14.8 Å². The summed E-state index contributed by atoms with van der Waals surface area (Å²) in [7, 11) is 3.21. The number of amides is 1. The second-order valence-corrected chi connectivity index (χ2v) is 7.39. The highest BCUT2D eigenvalue weighted by Gasteiger charge is 2.23. The minimum atomic E-state index is -0.00436. The predicted octanol–water partition coefficient (Wildman–Crippen LogP) is 4.49. The van der Waals surface area contributed by atoms with Gasteiger partial charge in [-0.05, 0) is 19.3 Å². The topological polar surface area (TPSA) is 47.6 Å². The Kier molecular flexibility index (Phi) is 7.09. The summed E-state index contributed by atoms with van der Waals surface area (Å²) >= 11 is 1.84. The first-order valence-electron chi connectivity index (χ1n) is 8.35. The van der Waals surface area contributed by atoms with Crippen LogP contribution in [0.1, 0.15) is 45.4 Å². The van der Waals surface area contributed by atoms with Crippen molar-refractivity contribution in [2.75, 3.05) is 19.5 Å². The molecule has 1 aromatic carbocycles. The van der Waals surface area contributed by atoms with Crippen LogP contribution in [0.2, 0.25) is 0 Å². The molecule has 1 atom stereocenters. The molecule has 0 aliphatic heterocycles. The van der Waals surface area contributed by atoms with Crippen LogP contribution in [-0.4, -0.2) is 30.6 Å². The molecule has 1 aliphatic rings. The van der Waals surface area contributed by atoms with Crippen molar-refractivity contribution >= 4 is 23.4 Å². The highest BCUT2D eigenvalue weighted by atomic mass is 32.2. The summed E-state index contributed by atoms with van der Waals surface area (Å²) in [6.07, 6.45) is 7.24. The average molecular weight is 337 g/mol. The van der Waals surface area contributed by atoms with E-state index >= 15 is 0 Å². The molecule has 0 spiro atoms. The van der Waals surface area contributed by atoms with Gasteiger partial charge in [0.2, 0.25) is 5.91 Å². The molecule has 1 fully saturated rings. The summed E-state index contributed by atoms with van der Waals surface area (Å²) in [6.45, 7) is 2.08. The first-order valence-corrected chi connectivity index (χ1v) is 9.30. The Morgan fingerprint density at radius 2 is 1.78 bits per heavy atom. The Morgan fingerprint density at radius 1 is 1.17 bits per heavy atom. The molecule has 0 heterocycles. The predicted molar refractivity (Wildman–Crippen MR) is 96.7 cm³/mol.